The van der Waals surface area contributed by atoms with E-state index < -0.39 is 5.97 Å². The summed E-state index contributed by atoms with van der Waals surface area (Å²) >= 11 is 6.30. The SMILES string of the molecule is COc1ccc(COC(=O)c2cccc(NC(=O)C(=Cn3cc(-c4cc(Cl)ccc4-n4cnnn4)nn3)Cc3ccccc3)c2)cc1. The average Bonchev–Trinajstić information content (AvgIpc) is 3.81. The van der Waals surface area contributed by atoms with Gasteiger partial charge in [-0.2, -0.15) is 4.68 Å². The molecule has 0 aliphatic heterocycles. The Morgan fingerprint density at radius 3 is 2.51 bits per heavy atom. The number of ether oxygens (including phenoxy) is 2. The van der Waals surface area contributed by atoms with Gasteiger partial charge in [0.05, 0.1) is 24.6 Å². The minimum absolute atomic E-state index is 0.0929. The predicted octanol–water partition coefficient (Wildman–Crippen LogP) is 5.66. The molecule has 4 aromatic carbocycles. The van der Waals surface area contributed by atoms with Crippen molar-refractivity contribution in [3.05, 3.63) is 137 Å². The molecule has 6 aromatic rings. The van der Waals surface area contributed by atoms with Gasteiger partial charge in [-0.3, -0.25) is 4.79 Å². The van der Waals surface area contributed by atoms with E-state index in [1.165, 1.54) is 15.7 Å². The molecule has 0 aliphatic carbocycles. The average molecular weight is 647 g/mol. The van der Waals surface area contributed by atoms with Crippen LogP contribution in [-0.4, -0.2) is 54.2 Å². The zero-order valence-corrected chi connectivity index (χ0v) is 25.8. The van der Waals surface area contributed by atoms with Gasteiger partial charge in [0, 0.05) is 34.5 Å². The number of halogens is 1. The molecule has 13 heteroatoms. The standard InChI is InChI=1S/C34H27ClN8O4/c1-46-29-13-10-24(11-14-29)21-47-34(45)25-8-5-9-28(17-25)37-33(44)26(16-23-6-3-2-4-7-23)19-42-20-31(38-40-42)30-18-27(35)12-15-32(30)43-22-36-39-41-43/h2-15,17-20,22H,16,21H2,1H3,(H,37,44). The monoisotopic (exact) mass is 646 g/mol. The number of carbonyl (C=O) groups is 2. The minimum atomic E-state index is -0.519. The van der Waals surface area contributed by atoms with Crippen LogP contribution in [0.4, 0.5) is 5.69 Å². The molecule has 47 heavy (non-hydrogen) atoms. The number of benzene rings is 4. The van der Waals surface area contributed by atoms with Crippen LogP contribution in [0.1, 0.15) is 21.5 Å². The van der Waals surface area contributed by atoms with Gasteiger partial charge in [0.1, 0.15) is 24.4 Å². The number of amides is 1. The number of aromatic nitrogens is 7. The third-order valence-electron chi connectivity index (χ3n) is 7.04. The van der Waals surface area contributed by atoms with E-state index in [2.05, 4.69) is 31.2 Å². The summed E-state index contributed by atoms with van der Waals surface area (Å²) in [7, 11) is 1.59. The second-order valence-electron chi connectivity index (χ2n) is 10.3. The molecule has 234 valence electrons. The third-order valence-corrected chi connectivity index (χ3v) is 7.28. The van der Waals surface area contributed by atoms with E-state index in [0.717, 1.165) is 11.1 Å². The maximum absolute atomic E-state index is 13.7. The number of anilines is 1. The summed E-state index contributed by atoms with van der Waals surface area (Å²) in [5.41, 5.74) is 4.65. The van der Waals surface area contributed by atoms with E-state index in [1.807, 2.05) is 42.5 Å². The summed E-state index contributed by atoms with van der Waals surface area (Å²) in [5.74, 6) is -0.189. The molecule has 1 amide bonds. The second-order valence-corrected chi connectivity index (χ2v) is 10.7. The molecule has 0 spiro atoms. The van der Waals surface area contributed by atoms with Crippen molar-refractivity contribution in [3.8, 4) is 22.7 Å². The molecular weight excluding hydrogens is 620 g/mol. The number of methoxy groups -OCH3 is 1. The summed E-state index contributed by atoms with van der Waals surface area (Å²) in [6, 6.07) is 28.6. The Morgan fingerprint density at radius 2 is 1.74 bits per heavy atom. The summed E-state index contributed by atoms with van der Waals surface area (Å²) in [6.45, 7) is 0.0929. The first-order chi connectivity index (χ1) is 22.9. The van der Waals surface area contributed by atoms with Gasteiger partial charge in [-0.1, -0.05) is 65.3 Å². The van der Waals surface area contributed by atoms with Crippen molar-refractivity contribution in [3.63, 3.8) is 0 Å². The molecule has 0 atom stereocenters. The molecule has 0 saturated carbocycles. The van der Waals surface area contributed by atoms with E-state index in [9.17, 15) is 9.59 Å². The van der Waals surface area contributed by atoms with Gasteiger partial charge in [0.25, 0.3) is 5.91 Å². The largest absolute Gasteiger partial charge is 0.497 e. The molecule has 0 aliphatic rings. The molecule has 0 bridgehead atoms. The molecule has 6 rings (SSSR count). The first-order valence-corrected chi connectivity index (χ1v) is 14.7. The quantitative estimate of drug-likeness (QED) is 0.139. The van der Waals surface area contributed by atoms with Crippen molar-refractivity contribution in [2.45, 2.75) is 13.0 Å². The molecule has 1 N–H and O–H groups in total. The fourth-order valence-electron chi connectivity index (χ4n) is 4.70. The Labute approximate surface area is 274 Å². The van der Waals surface area contributed by atoms with Crippen LogP contribution in [0.15, 0.2) is 115 Å². The van der Waals surface area contributed by atoms with Crippen molar-refractivity contribution in [2.24, 2.45) is 0 Å². The maximum atomic E-state index is 13.7. The lowest BCUT2D eigenvalue weighted by Crippen LogP contribution is -2.17. The fraction of sp³-hybridized carbons (Fsp3) is 0.0882. The van der Waals surface area contributed by atoms with Gasteiger partial charge in [0.2, 0.25) is 0 Å². The minimum Gasteiger partial charge on any atom is -0.497 e. The van der Waals surface area contributed by atoms with E-state index in [-0.39, 0.29) is 12.5 Å². The van der Waals surface area contributed by atoms with Gasteiger partial charge in [-0.15, -0.1) is 10.2 Å². The molecule has 2 aromatic heterocycles. The Morgan fingerprint density at radius 1 is 0.915 bits per heavy atom. The van der Waals surface area contributed by atoms with Crippen LogP contribution in [0.2, 0.25) is 5.02 Å². The highest BCUT2D eigenvalue weighted by molar-refractivity contribution is 6.31. The maximum Gasteiger partial charge on any atom is 0.338 e. The first-order valence-electron chi connectivity index (χ1n) is 14.4. The Bertz CT molecular complexity index is 2030. The third kappa shape index (κ3) is 7.75. The van der Waals surface area contributed by atoms with Crippen molar-refractivity contribution >= 4 is 35.4 Å². The summed E-state index contributed by atoms with van der Waals surface area (Å²) in [4.78, 5) is 26.5. The van der Waals surface area contributed by atoms with Gasteiger partial charge in [-0.05, 0) is 70.1 Å². The lowest BCUT2D eigenvalue weighted by Gasteiger charge is -2.11. The summed E-state index contributed by atoms with van der Waals surface area (Å²) in [6.07, 6.45) is 5.05. The molecule has 0 unspecified atom stereocenters. The van der Waals surface area contributed by atoms with Crippen molar-refractivity contribution in [1.82, 2.24) is 35.2 Å². The lowest BCUT2D eigenvalue weighted by molar-refractivity contribution is -0.112. The van der Waals surface area contributed by atoms with E-state index in [4.69, 9.17) is 21.1 Å². The van der Waals surface area contributed by atoms with E-state index in [0.29, 0.717) is 51.0 Å². The van der Waals surface area contributed by atoms with Crippen molar-refractivity contribution < 1.29 is 19.1 Å². The van der Waals surface area contributed by atoms with Crippen LogP contribution in [0.3, 0.4) is 0 Å². The number of rotatable bonds is 11. The van der Waals surface area contributed by atoms with Crippen molar-refractivity contribution in [2.75, 3.05) is 12.4 Å². The van der Waals surface area contributed by atoms with Gasteiger partial charge in [-0.25, -0.2) is 9.48 Å². The second kappa shape index (κ2) is 14.3. The predicted molar refractivity (Wildman–Crippen MR) is 175 cm³/mol. The highest BCUT2D eigenvalue weighted by Gasteiger charge is 2.16. The van der Waals surface area contributed by atoms with Crippen LogP contribution in [0, 0.1) is 0 Å². The molecule has 0 saturated heterocycles. The van der Waals surface area contributed by atoms with Gasteiger partial charge in [0.15, 0.2) is 0 Å². The van der Waals surface area contributed by atoms with Crippen LogP contribution in [0.5, 0.6) is 5.75 Å². The van der Waals surface area contributed by atoms with Crippen LogP contribution in [0.25, 0.3) is 23.1 Å². The first kappa shape index (κ1) is 30.9. The smallest absolute Gasteiger partial charge is 0.338 e. The molecular formula is C34H27ClN8O4. The summed E-state index contributed by atoms with van der Waals surface area (Å²) in [5, 5.41) is 23.4. The van der Waals surface area contributed by atoms with E-state index >= 15 is 0 Å². The highest BCUT2D eigenvalue weighted by Crippen LogP contribution is 2.28. The summed E-state index contributed by atoms with van der Waals surface area (Å²) < 4.78 is 13.6. The van der Waals surface area contributed by atoms with Crippen LogP contribution < -0.4 is 10.1 Å². The normalized spacial score (nSPS) is 11.2. The van der Waals surface area contributed by atoms with Crippen LogP contribution in [-0.2, 0) is 22.6 Å². The number of tetrazole rings is 1. The highest BCUT2D eigenvalue weighted by atomic mass is 35.5. The molecule has 0 fully saturated rings. The number of hydrogen-bond donors (Lipinski definition) is 1. The Hall–Kier alpha value is -6.14. The van der Waals surface area contributed by atoms with Gasteiger partial charge < -0.3 is 14.8 Å². The molecule has 0 radical (unpaired) electrons. The topological polar surface area (TPSA) is 139 Å². The zero-order valence-electron chi connectivity index (χ0n) is 25.0. The number of nitrogens with one attached hydrogen (secondary N) is 1. The van der Waals surface area contributed by atoms with Crippen LogP contribution >= 0.6 is 11.6 Å². The Balaban J connectivity index is 1.22. The van der Waals surface area contributed by atoms with Gasteiger partial charge >= 0.3 is 5.97 Å². The van der Waals surface area contributed by atoms with Crippen molar-refractivity contribution in [1.29, 1.82) is 0 Å². The number of hydrogen-bond acceptors (Lipinski definition) is 9. The zero-order chi connectivity index (χ0) is 32.6. The number of nitrogens with zero attached hydrogens (tertiary/aromatic N) is 7. The Kier molecular flexibility index (Phi) is 9.40. The fourth-order valence-corrected chi connectivity index (χ4v) is 4.87. The lowest BCUT2D eigenvalue weighted by atomic mass is 10.1. The number of carbonyl (C=O) groups excluding carboxylic acids is 2. The number of esters is 1. The van der Waals surface area contributed by atoms with E-state index in [1.54, 1.807) is 74.1 Å². The molecule has 12 nitrogen and oxygen atoms in total. The molecule has 2 heterocycles.